The van der Waals surface area contributed by atoms with Crippen molar-refractivity contribution in [3.05, 3.63) is 29.3 Å². The molecular formula is C10H8O4. The van der Waals surface area contributed by atoms with Crippen molar-refractivity contribution in [1.82, 2.24) is 0 Å². The SMILES string of the molecule is COc1ccc2c(c1)C(=O)C(O)C2=O. The first-order chi connectivity index (χ1) is 6.65. The van der Waals surface area contributed by atoms with Crippen LogP contribution in [-0.2, 0) is 0 Å². The molecule has 0 amide bonds. The minimum absolute atomic E-state index is 0.238. The Morgan fingerprint density at radius 2 is 1.86 bits per heavy atom. The molecule has 1 aromatic carbocycles. The quantitative estimate of drug-likeness (QED) is 0.655. The molecule has 0 spiro atoms. The minimum Gasteiger partial charge on any atom is -0.497 e. The molecule has 72 valence electrons. The fraction of sp³-hybridized carbons (Fsp3) is 0.200. The zero-order chi connectivity index (χ0) is 10.3. The normalized spacial score (nSPS) is 19.7. The predicted molar refractivity (Wildman–Crippen MR) is 47.7 cm³/mol. The number of aliphatic hydroxyl groups is 1. The molecule has 0 bridgehead atoms. The number of benzene rings is 1. The van der Waals surface area contributed by atoms with E-state index in [1.807, 2.05) is 0 Å². The molecule has 0 fully saturated rings. The Hall–Kier alpha value is -1.68. The van der Waals surface area contributed by atoms with Gasteiger partial charge >= 0.3 is 0 Å². The van der Waals surface area contributed by atoms with Gasteiger partial charge in [-0.1, -0.05) is 0 Å². The molecule has 0 saturated heterocycles. The van der Waals surface area contributed by atoms with Gasteiger partial charge in [-0.3, -0.25) is 9.59 Å². The average molecular weight is 192 g/mol. The van der Waals surface area contributed by atoms with Crippen LogP contribution in [0.2, 0.25) is 0 Å². The Kier molecular flexibility index (Phi) is 1.86. The van der Waals surface area contributed by atoms with Crippen molar-refractivity contribution >= 4 is 11.6 Å². The number of hydrogen-bond acceptors (Lipinski definition) is 4. The smallest absolute Gasteiger partial charge is 0.200 e. The summed E-state index contributed by atoms with van der Waals surface area (Å²) in [5.41, 5.74) is 0.505. The molecule has 0 heterocycles. The van der Waals surface area contributed by atoms with Crippen LogP contribution in [0.4, 0.5) is 0 Å². The van der Waals surface area contributed by atoms with Crippen LogP contribution in [0.5, 0.6) is 5.75 Å². The highest BCUT2D eigenvalue weighted by Crippen LogP contribution is 2.26. The third kappa shape index (κ3) is 1.04. The molecule has 1 aromatic rings. The lowest BCUT2D eigenvalue weighted by Gasteiger charge is -2.00. The van der Waals surface area contributed by atoms with Gasteiger partial charge in [0.05, 0.1) is 7.11 Å². The Balaban J connectivity index is 2.59. The van der Waals surface area contributed by atoms with E-state index >= 15 is 0 Å². The van der Waals surface area contributed by atoms with E-state index in [9.17, 15) is 14.7 Å². The molecule has 1 N–H and O–H groups in total. The molecule has 0 saturated carbocycles. The van der Waals surface area contributed by atoms with E-state index < -0.39 is 17.7 Å². The molecule has 2 rings (SSSR count). The van der Waals surface area contributed by atoms with Gasteiger partial charge in [0.2, 0.25) is 0 Å². The van der Waals surface area contributed by atoms with E-state index in [0.717, 1.165) is 0 Å². The molecular weight excluding hydrogens is 184 g/mol. The van der Waals surface area contributed by atoms with Crippen molar-refractivity contribution in [2.75, 3.05) is 7.11 Å². The van der Waals surface area contributed by atoms with Crippen LogP contribution in [0, 0.1) is 0 Å². The van der Waals surface area contributed by atoms with Crippen molar-refractivity contribution in [3.8, 4) is 5.75 Å². The van der Waals surface area contributed by atoms with Gasteiger partial charge in [-0.2, -0.15) is 0 Å². The Morgan fingerprint density at radius 3 is 2.50 bits per heavy atom. The number of aliphatic hydroxyl groups excluding tert-OH is 1. The van der Waals surface area contributed by atoms with E-state index in [1.54, 1.807) is 6.07 Å². The highest BCUT2D eigenvalue weighted by molar-refractivity contribution is 6.28. The molecule has 1 aliphatic rings. The lowest BCUT2D eigenvalue weighted by Crippen LogP contribution is -2.20. The fourth-order valence-electron chi connectivity index (χ4n) is 1.48. The maximum Gasteiger partial charge on any atom is 0.200 e. The number of ether oxygens (including phenoxy) is 1. The first kappa shape index (κ1) is 8.90. The molecule has 1 unspecified atom stereocenters. The van der Waals surface area contributed by atoms with Gasteiger partial charge in [0.25, 0.3) is 0 Å². The summed E-state index contributed by atoms with van der Waals surface area (Å²) >= 11 is 0. The summed E-state index contributed by atoms with van der Waals surface area (Å²) < 4.78 is 4.91. The summed E-state index contributed by atoms with van der Waals surface area (Å²) in [6, 6.07) is 4.54. The summed E-state index contributed by atoms with van der Waals surface area (Å²) in [4.78, 5) is 22.6. The molecule has 0 aliphatic heterocycles. The number of hydrogen-bond donors (Lipinski definition) is 1. The first-order valence-corrected chi connectivity index (χ1v) is 4.09. The third-order valence-corrected chi connectivity index (χ3v) is 2.25. The van der Waals surface area contributed by atoms with E-state index in [4.69, 9.17) is 4.74 Å². The van der Waals surface area contributed by atoms with Gasteiger partial charge in [-0.05, 0) is 18.2 Å². The highest BCUT2D eigenvalue weighted by Gasteiger charge is 2.37. The second-order valence-electron chi connectivity index (χ2n) is 3.04. The van der Waals surface area contributed by atoms with Crippen molar-refractivity contribution in [2.24, 2.45) is 0 Å². The van der Waals surface area contributed by atoms with Gasteiger partial charge in [0.15, 0.2) is 17.7 Å². The molecule has 1 aliphatic carbocycles. The maximum absolute atomic E-state index is 11.3. The number of methoxy groups -OCH3 is 1. The molecule has 0 aromatic heterocycles. The largest absolute Gasteiger partial charge is 0.497 e. The Morgan fingerprint density at radius 1 is 1.21 bits per heavy atom. The topological polar surface area (TPSA) is 63.6 Å². The molecule has 14 heavy (non-hydrogen) atoms. The van der Waals surface area contributed by atoms with Crippen molar-refractivity contribution in [3.63, 3.8) is 0 Å². The molecule has 4 nitrogen and oxygen atoms in total. The number of carbonyl (C=O) groups excluding carboxylic acids is 2. The van der Waals surface area contributed by atoms with Gasteiger partial charge < -0.3 is 9.84 Å². The minimum atomic E-state index is -1.53. The lowest BCUT2D eigenvalue weighted by atomic mass is 10.1. The summed E-state index contributed by atoms with van der Waals surface area (Å²) in [7, 11) is 1.47. The standard InChI is InChI=1S/C10H8O4/c1-14-5-2-3-6-7(4-5)9(12)10(13)8(6)11/h2-4,10,13H,1H3. The van der Waals surface area contributed by atoms with E-state index in [0.29, 0.717) is 5.75 Å². The van der Waals surface area contributed by atoms with Crippen molar-refractivity contribution < 1.29 is 19.4 Å². The zero-order valence-electron chi connectivity index (χ0n) is 7.48. The second-order valence-corrected chi connectivity index (χ2v) is 3.04. The van der Waals surface area contributed by atoms with Crippen molar-refractivity contribution in [2.45, 2.75) is 6.10 Å². The van der Waals surface area contributed by atoms with Crippen LogP contribution >= 0.6 is 0 Å². The van der Waals surface area contributed by atoms with Crippen LogP contribution in [-0.4, -0.2) is 29.9 Å². The van der Waals surface area contributed by atoms with E-state index in [2.05, 4.69) is 0 Å². The molecule has 1 atom stereocenters. The van der Waals surface area contributed by atoms with Crippen LogP contribution in [0.25, 0.3) is 0 Å². The van der Waals surface area contributed by atoms with Crippen LogP contribution in [0.3, 0.4) is 0 Å². The number of rotatable bonds is 1. The molecule has 4 heteroatoms. The van der Waals surface area contributed by atoms with Crippen LogP contribution in [0.15, 0.2) is 18.2 Å². The number of ketones is 2. The van der Waals surface area contributed by atoms with Gasteiger partial charge in [0.1, 0.15) is 5.75 Å². The molecule has 0 radical (unpaired) electrons. The van der Waals surface area contributed by atoms with E-state index in [1.165, 1.54) is 19.2 Å². The number of carbonyl (C=O) groups is 2. The maximum atomic E-state index is 11.3. The van der Waals surface area contributed by atoms with Gasteiger partial charge in [0, 0.05) is 11.1 Å². The monoisotopic (exact) mass is 192 g/mol. The summed E-state index contributed by atoms with van der Waals surface area (Å²) in [5, 5.41) is 9.21. The van der Waals surface area contributed by atoms with Crippen LogP contribution in [0.1, 0.15) is 20.7 Å². The predicted octanol–water partition coefficient (Wildman–Crippen LogP) is 0.435. The summed E-state index contributed by atoms with van der Waals surface area (Å²) in [6.07, 6.45) is -1.53. The third-order valence-electron chi connectivity index (χ3n) is 2.25. The average Bonchev–Trinajstić information content (AvgIpc) is 2.44. The Bertz CT molecular complexity index is 422. The summed E-state index contributed by atoms with van der Waals surface area (Å²) in [6.45, 7) is 0. The Labute approximate surface area is 80.1 Å². The summed E-state index contributed by atoms with van der Waals surface area (Å²) in [5.74, 6) is -0.587. The van der Waals surface area contributed by atoms with Gasteiger partial charge in [-0.15, -0.1) is 0 Å². The lowest BCUT2D eigenvalue weighted by molar-refractivity contribution is 0.0663. The highest BCUT2D eigenvalue weighted by atomic mass is 16.5. The second kappa shape index (κ2) is 2.92. The van der Waals surface area contributed by atoms with Gasteiger partial charge in [-0.25, -0.2) is 0 Å². The first-order valence-electron chi connectivity index (χ1n) is 4.09. The van der Waals surface area contributed by atoms with E-state index in [-0.39, 0.29) is 11.1 Å². The number of Topliss-reactive ketones (excluding diaryl/α,β-unsaturated/α-hetero) is 2. The number of fused-ring (bicyclic) bond motifs is 1. The van der Waals surface area contributed by atoms with Crippen molar-refractivity contribution in [1.29, 1.82) is 0 Å². The fourth-order valence-corrected chi connectivity index (χ4v) is 1.48. The zero-order valence-corrected chi connectivity index (χ0v) is 7.48. The van der Waals surface area contributed by atoms with Crippen LogP contribution < -0.4 is 4.74 Å².